The van der Waals surface area contributed by atoms with Gasteiger partial charge in [0.05, 0.1) is 30.0 Å². The Labute approximate surface area is 182 Å². The van der Waals surface area contributed by atoms with E-state index in [-0.39, 0.29) is 22.5 Å². The number of hydrogen-bond acceptors (Lipinski definition) is 4. The number of halogens is 4. The lowest BCUT2D eigenvalue weighted by atomic mass is 10.2. The molecule has 0 spiro atoms. The van der Waals surface area contributed by atoms with Crippen molar-refractivity contribution in [3.63, 3.8) is 0 Å². The van der Waals surface area contributed by atoms with Crippen molar-refractivity contribution in [2.24, 2.45) is 0 Å². The van der Waals surface area contributed by atoms with Crippen molar-refractivity contribution < 1.29 is 22.7 Å². The predicted molar refractivity (Wildman–Crippen MR) is 113 cm³/mol. The van der Waals surface area contributed by atoms with Gasteiger partial charge in [0, 0.05) is 16.1 Å². The number of amides is 1. The summed E-state index contributed by atoms with van der Waals surface area (Å²) < 4.78 is 47.7. The van der Waals surface area contributed by atoms with Crippen LogP contribution in [0.3, 0.4) is 0 Å². The Balaban J connectivity index is 1.69. The average molecular weight is 491 g/mol. The maximum Gasteiger partial charge on any atom is 0.450 e. The van der Waals surface area contributed by atoms with Crippen LogP contribution in [0.5, 0.6) is 5.75 Å². The highest BCUT2D eigenvalue weighted by Crippen LogP contribution is 2.34. The monoisotopic (exact) mass is 490 g/mol. The van der Waals surface area contributed by atoms with Crippen LogP contribution in [0, 0.1) is 0 Å². The number of benzene rings is 2. The number of fused-ring (bicyclic) bond motifs is 1. The highest BCUT2D eigenvalue weighted by atomic mass is 79.9. The molecule has 0 atom stereocenters. The minimum Gasteiger partial charge on any atom is -0.497 e. The second-order valence-corrected chi connectivity index (χ2v) is 7.41. The lowest BCUT2D eigenvalue weighted by Gasteiger charge is -2.12. The molecule has 158 valence electrons. The molecule has 0 aliphatic heterocycles. The maximum absolute atomic E-state index is 13.6. The quantitative estimate of drug-likeness (QED) is 0.412. The molecule has 2 aromatic carbocycles. The molecule has 0 saturated heterocycles. The SMILES string of the molecule is COc1ccc2c(c1)nc(C(F)(F)F)n2-c1ccc(NC(=O)c2cccc(Br)c2)nc1. The minimum absolute atomic E-state index is 0.138. The molecule has 4 aromatic rings. The summed E-state index contributed by atoms with van der Waals surface area (Å²) in [7, 11) is 1.42. The Morgan fingerprint density at radius 3 is 2.58 bits per heavy atom. The van der Waals surface area contributed by atoms with E-state index >= 15 is 0 Å². The molecule has 0 aliphatic carbocycles. The molecule has 0 bridgehead atoms. The highest BCUT2D eigenvalue weighted by molar-refractivity contribution is 9.10. The van der Waals surface area contributed by atoms with Gasteiger partial charge in [-0.2, -0.15) is 13.2 Å². The first-order valence-electron chi connectivity index (χ1n) is 8.93. The highest BCUT2D eigenvalue weighted by Gasteiger charge is 2.38. The third-order valence-corrected chi connectivity index (χ3v) is 4.94. The van der Waals surface area contributed by atoms with E-state index in [1.165, 1.54) is 37.6 Å². The van der Waals surface area contributed by atoms with Gasteiger partial charge in [0.2, 0.25) is 5.82 Å². The minimum atomic E-state index is -4.68. The molecule has 2 aromatic heterocycles. The van der Waals surface area contributed by atoms with E-state index in [0.717, 1.165) is 9.04 Å². The number of carbonyl (C=O) groups excluding carboxylic acids is 1. The van der Waals surface area contributed by atoms with Gasteiger partial charge < -0.3 is 10.1 Å². The Kier molecular flexibility index (Phi) is 5.40. The predicted octanol–water partition coefficient (Wildman–Crippen LogP) is 5.46. The number of ether oxygens (including phenoxy) is 1. The standard InChI is InChI=1S/C21H14BrF3N4O2/c1-31-15-6-7-17-16(10-15)27-20(21(23,24)25)29(17)14-5-8-18(26-11-14)28-19(30)12-3-2-4-13(22)9-12/h2-11H,1H3,(H,26,28,30). The van der Waals surface area contributed by atoms with Gasteiger partial charge in [-0.1, -0.05) is 22.0 Å². The van der Waals surface area contributed by atoms with Gasteiger partial charge in [-0.3, -0.25) is 9.36 Å². The van der Waals surface area contributed by atoms with Gasteiger partial charge >= 0.3 is 6.18 Å². The zero-order valence-corrected chi connectivity index (χ0v) is 17.5. The van der Waals surface area contributed by atoms with Gasteiger partial charge in [0.1, 0.15) is 11.6 Å². The van der Waals surface area contributed by atoms with Crippen molar-refractivity contribution in [2.45, 2.75) is 6.18 Å². The van der Waals surface area contributed by atoms with Crippen LogP contribution >= 0.6 is 15.9 Å². The lowest BCUT2D eigenvalue weighted by molar-refractivity contribution is -0.145. The normalized spacial score (nSPS) is 11.5. The van der Waals surface area contributed by atoms with Crippen LogP contribution in [0.4, 0.5) is 19.0 Å². The first kappa shape index (κ1) is 20.9. The van der Waals surface area contributed by atoms with Crippen LogP contribution in [-0.4, -0.2) is 27.6 Å². The molecule has 0 aliphatic rings. The summed E-state index contributed by atoms with van der Waals surface area (Å²) in [5, 5.41) is 2.62. The number of hydrogen-bond donors (Lipinski definition) is 1. The number of nitrogens with zero attached hydrogens (tertiary/aromatic N) is 3. The number of carbonyl (C=O) groups is 1. The second kappa shape index (κ2) is 8.03. The zero-order chi connectivity index (χ0) is 22.2. The van der Waals surface area contributed by atoms with Gasteiger partial charge in [-0.25, -0.2) is 9.97 Å². The third-order valence-electron chi connectivity index (χ3n) is 4.45. The molecule has 1 amide bonds. The van der Waals surface area contributed by atoms with Gasteiger partial charge in [0.15, 0.2) is 0 Å². The van der Waals surface area contributed by atoms with Crippen LogP contribution in [0.25, 0.3) is 16.7 Å². The van der Waals surface area contributed by atoms with Gasteiger partial charge in [-0.15, -0.1) is 0 Å². The summed E-state index contributed by atoms with van der Waals surface area (Å²) >= 11 is 3.29. The molecule has 31 heavy (non-hydrogen) atoms. The number of alkyl halides is 3. The molecule has 0 radical (unpaired) electrons. The fraction of sp³-hybridized carbons (Fsp3) is 0.0952. The number of pyridine rings is 1. The number of aromatic nitrogens is 3. The smallest absolute Gasteiger partial charge is 0.450 e. The zero-order valence-electron chi connectivity index (χ0n) is 15.9. The molecule has 0 saturated carbocycles. The van der Waals surface area contributed by atoms with E-state index in [9.17, 15) is 18.0 Å². The summed E-state index contributed by atoms with van der Waals surface area (Å²) in [6.07, 6.45) is -3.43. The molecule has 6 nitrogen and oxygen atoms in total. The van der Waals surface area contributed by atoms with E-state index in [1.54, 1.807) is 30.3 Å². The average Bonchev–Trinajstić information content (AvgIpc) is 3.13. The number of anilines is 1. The van der Waals surface area contributed by atoms with Crippen LogP contribution in [-0.2, 0) is 6.18 Å². The first-order valence-corrected chi connectivity index (χ1v) is 9.72. The molecule has 0 unspecified atom stereocenters. The Hall–Kier alpha value is -3.40. The second-order valence-electron chi connectivity index (χ2n) is 6.49. The molecule has 0 fully saturated rings. The molecule has 4 rings (SSSR count). The molecule has 10 heteroatoms. The number of methoxy groups -OCH3 is 1. The maximum atomic E-state index is 13.6. The van der Waals surface area contributed by atoms with Crippen LogP contribution in [0.1, 0.15) is 16.2 Å². The Morgan fingerprint density at radius 2 is 1.94 bits per heavy atom. The van der Waals surface area contributed by atoms with Crippen molar-refractivity contribution >= 4 is 38.7 Å². The van der Waals surface area contributed by atoms with Crippen molar-refractivity contribution in [3.8, 4) is 11.4 Å². The van der Waals surface area contributed by atoms with E-state index in [2.05, 4.69) is 31.2 Å². The summed E-state index contributed by atoms with van der Waals surface area (Å²) in [4.78, 5) is 20.2. The number of rotatable bonds is 4. The van der Waals surface area contributed by atoms with E-state index in [4.69, 9.17) is 4.74 Å². The molecular weight excluding hydrogens is 477 g/mol. The largest absolute Gasteiger partial charge is 0.497 e. The number of imidazole rings is 1. The van der Waals surface area contributed by atoms with Crippen LogP contribution < -0.4 is 10.1 Å². The summed E-state index contributed by atoms with van der Waals surface area (Å²) in [6.45, 7) is 0. The van der Waals surface area contributed by atoms with Gasteiger partial charge in [-0.05, 0) is 42.5 Å². The summed E-state index contributed by atoms with van der Waals surface area (Å²) in [5.41, 5.74) is 0.953. The first-order chi connectivity index (χ1) is 14.8. The van der Waals surface area contributed by atoms with Crippen LogP contribution in [0.2, 0.25) is 0 Å². The topological polar surface area (TPSA) is 69.0 Å². The third kappa shape index (κ3) is 4.24. The van der Waals surface area contributed by atoms with Crippen LogP contribution in [0.15, 0.2) is 65.3 Å². The Bertz CT molecular complexity index is 1270. The summed E-state index contributed by atoms with van der Waals surface area (Å²) in [5.74, 6) is -0.871. The number of nitrogens with one attached hydrogen (secondary N) is 1. The van der Waals surface area contributed by atoms with E-state index in [1.807, 2.05) is 0 Å². The Morgan fingerprint density at radius 1 is 1.13 bits per heavy atom. The van der Waals surface area contributed by atoms with Crippen molar-refractivity contribution in [1.82, 2.24) is 14.5 Å². The van der Waals surface area contributed by atoms with Crippen molar-refractivity contribution in [1.29, 1.82) is 0 Å². The molecule has 1 N–H and O–H groups in total. The fourth-order valence-electron chi connectivity index (χ4n) is 3.05. The summed E-state index contributed by atoms with van der Waals surface area (Å²) in [6, 6.07) is 14.1. The fourth-order valence-corrected chi connectivity index (χ4v) is 3.45. The molecule has 2 heterocycles. The van der Waals surface area contributed by atoms with Crippen molar-refractivity contribution in [2.75, 3.05) is 12.4 Å². The van der Waals surface area contributed by atoms with Crippen molar-refractivity contribution in [3.05, 3.63) is 76.7 Å². The van der Waals surface area contributed by atoms with E-state index < -0.39 is 17.9 Å². The van der Waals surface area contributed by atoms with Gasteiger partial charge in [0.25, 0.3) is 5.91 Å². The van der Waals surface area contributed by atoms with E-state index in [0.29, 0.717) is 11.3 Å². The lowest BCUT2D eigenvalue weighted by Crippen LogP contribution is -2.15. The molecular formula is C21H14BrF3N4O2.